The lowest BCUT2D eigenvalue weighted by Gasteiger charge is -2.04. The summed E-state index contributed by atoms with van der Waals surface area (Å²) in [5, 5.41) is 6.24. The van der Waals surface area contributed by atoms with Gasteiger partial charge in [-0.2, -0.15) is 0 Å². The Bertz CT molecular complexity index is 870. The summed E-state index contributed by atoms with van der Waals surface area (Å²) in [5.41, 5.74) is 8.97. The third-order valence-electron chi connectivity index (χ3n) is 3.30. The van der Waals surface area contributed by atoms with Crippen molar-refractivity contribution in [3.05, 3.63) is 53.1 Å². The standard InChI is InChI=1S/C15H10ClN3S.ClH/c16-8-5-6-9-12(7-8)20-15-13(9)14(17)18-10-3-1-2-4-11(10)19-15;/h1-7,19H,(H2,17,18);1H. The largest absolute Gasteiger partial charge is 0.383 e. The van der Waals surface area contributed by atoms with E-state index >= 15 is 0 Å². The van der Waals surface area contributed by atoms with Crippen molar-refractivity contribution >= 4 is 67.6 Å². The van der Waals surface area contributed by atoms with Crippen molar-refractivity contribution < 1.29 is 0 Å². The molecule has 21 heavy (non-hydrogen) atoms. The topological polar surface area (TPSA) is 50.4 Å². The third kappa shape index (κ3) is 2.25. The van der Waals surface area contributed by atoms with E-state index < -0.39 is 0 Å². The van der Waals surface area contributed by atoms with Gasteiger partial charge in [-0.1, -0.05) is 29.8 Å². The van der Waals surface area contributed by atoms with Crippen molar-refractivity contribution in [3.63, 3.8) is 0 Å². The molecule has 3 aromatic rings. The molecule has 4 rings (SSSR count). The van der Waals surface area contributed by atoms with E-state index in [1.807, 2.05) is 42.5 Å². The Hall–Kier alpha value is -1.75. The first-order chi connectivity index (χ1) is 9.72. The maximum Gasteiger partial charge on any atom is 0.135 e. The number of thiophene rings is 1. The maximum atomic E-state index is 6.19. The molecule has 0 radical (unpaired) electrons. The highest BCUT2D eigenvalue weighted by atomic mass is 35.5. The summed E-state index contributed by atoms with van der Waals surface area (Å²) in [6.45, 7) is 0. The van der Waals surface area contributed by atoms with Crippen LogP contribution >= 0.6 is 35.3 Å². The average molecular weight is 336 g/mol. The zero-order chi connectivity index (χ0) is 13.7. The second kappa shape index (κ2) is 5.22. The number of halogens is 2. The summed E-state index contributed by atoms with van der Waals surface area (Å²) in [4.78, 5) is 4.53. The maximum absolute atomic E-state index is 6.19. The zero-order valence-corrected chi connectivity index (χ0v) is 13.1. The number of nitrogens with one attached hydrogen (secondary N) is 1. The van der Waals surface area contributed by atoms with E-state index in [0.717, 1.165) is 37.0 Å². The lowest BCUT2D eigenvalue weighted by Crippen LogP contribution is -2.12. The quantitative estimate of drug-likeness (QED) is 0.602. The number of nitrogens with zero attached hydrogens (tertiary/aromatic N) is 1. The monoisotopic (exact) mass is 335 g/mol. The van der Waals surface area contributed by atoms with Crippen LogP contribution in [0.25, 0.3) is 10.1 Å². The van der Waals surface area contributed by atoms with Gasteiger partial charge in [0.15, 0.2) is 0 Å². The predicted octanol–water partition coefficient (Wildman–Crippen LogP) is 5.07. The Balaban J connectivity index is 0.00000132. The summed E-state index contributed by atoms with van der Waals surface area (Å²) >= 11 is 7.69. The molecule has 0 spiro atoms. The van der Waals surface area contributed by atoms with E-state index in [0.29, 0.717) is 5.84 Å². The predicted molar refractivity (Wildman–Crippen MR) is 94.2 cm³/mol. The van der Waals surface area contributed by atoms with Gasteiger partial charge in [0.05, 0.1) is 16.9 Å². The zero-order valence-electron chi connectivity index (χ0n) is 10.8. The fourth-order valence-electron chi connectivity index (χ4n) is 2.40. The Morgan fingerprint density at radius 2 is 1.95 bits per heavy atom. The number of para-hydroxylation sites is 2. The van der Waals surface area contributed by atoms with Crippen molar-refractivity contribution in [2.45, 2.75) is 0 Å². The summed E-state index contributed by atoms with van der Waals surface area (Å²) in [6.07, 6.45) is 0. The first-order valence-electron chi connectivity index (χ1n) is 6.15. The Morgan fingerprint density at radius 1 is 1.14 bits per heavy atom. The number of hydrogen-bond acceptors (Lipinski definition) is 4. The van der Waals surface area contributed by atoms with Crippen molar-refractivity contribution in [1.82, 2.24) is 0 Å². The van der Waals surface area contributed by atoms with Crippen LogP contribution in [0.5, 0.6) is 0 Å². The van der Waals surface area contributed by atoms with Gasteiger partial charge in [-0.15, -0.1) is 23.7 Å². The number of anilines is 2. The van der Waals surface area contributed by atoms with Crippen LogP contribution in [-0.4, -0.2) is 5.84 Å². The molecule has 0 bridgehead atoms. The average Bonchev–Trinajstić information content (AvgIpc) is 2.71. The van der Waals surface area contributed by atoms with E-state index in [1.54, 1.807) is 11.3 Å². The van der Waals surface area contributed by atoms with Gasteiger partial charge in [-0.05, 0) is 24.3 Å². The molecule has 0 atom stereocenters. The Kier molecular flexibility index (Phi) is 3.53. The molecule has 0 aliphatic carbocycles. The van der Waals surface area contributed by atoms with Crippen molar-refractivity contribution in [3.8, 4) is 0 Å². The molecule has 3 nitrogen and oxygen atoms in total. The van der Waals surface area contributed by atoms with Crippen LogP contribution in [0.1, 0.15) is 5.56 Å². The van der Waals surface area contributed by atoms with Crippen molar-refractivity contribution in [2.75, 3.05) is 5.32 Å². The molecule has 6 heteroatoms. The third-order valence-corrected chi connectivity index (χ3v) is 4.60. The number of hydrogen-bond donors (Lipinski definition) is 2. The van der Waals surface area contributed by atoms with Gasteiger partial charge in [-0.3, -0.25) is 0 Å². The van der Waals surface area contributed by atoms with Gasteiger partial charge in [0.25, 0.3) is 0 Å². The van der Waals surface area contributed by atoms with Gasteiger partial charge < -0.3 is 11.1 Å². The van der Waals surface area contributed by atoms with E-state index in [9.17, 15) is 0 Å². The van der Waals surface area contributed by atoms with Gasteiger partial charge >= 0.3 is 0 Å². The minimum atomic E-state index is 0. The molecular formula is C15H11Cl2N3S. The number of rotatable bonds is 0. The Morgan fingerprint density at radius 3 is 2.81 bits per heavy atom. The van der Waals surface area contributed by atoms with E-state index in [2.05, 4.69) is 10.3 Å². The van der Waals surface area contributed by atoms with Gasteiger partial charge in [0.2, 0.25) is 0 Å². The van der Waals surface area contributed by atoms with Crippen LogP contribution in [-0.2, 0) is 0 Å². The van der Waals surface area contributed by atoms with Gasteiger partial charge in [0, 0.05) is 15.1 Å². The summed E-state index contributed by atoms with van der Waals surface area (Å²) in [5.74, 6) is 0.533. The molecule has 1 aromatic heterocycles. The van der Waals surface area contributed by atoms with Crippen molar-refractivity contribution in [1.29, 1.82) is 0 Å². The first-order valence-corrected chi connectivity index (χ1v) is 7.34. The normalized spacial score (nSPS) is 12.5. The molecule has 0 saturated heterocycles. The van der Waals surface area contributed by atoms with Crippen molar-refractivity contribution in [2.24, 2.45) is 10.7 Å². The molecule has 2 heterocycles. The van der Waals surface area contributed by atoms with Crippen LogP contribution in [0.2, 0.25) is 5.02 Å². The molecule has 0 fully saturated rings. The number of benzene rings is 2. The molecule has 106 valence electrons. The van der Waals surface area contributed by atoms with E-state index in [-0.39, 0.29) is 12.4 Å². The molecule has 1 aliphatic heterocycles. The SMILES string of the molecule is Cl.NC1=Nc2ccccc2Nc2sc3cc(Cl)ccc3c21. The first kappa shape index (κ1) is 14.2. The smallest absolute Gasteiger partial charge is 0.135 e. The summed E-state index contributed by atoms with van der Waals surface area (Å²) < 4.78 is 1.10. The summed E-state index contributed by atoms with van der Waals surface area (Å²) in [6, 6.07) is 13.7. The lowest BCUT2D eigenvalue weighted by atomic mass is 10.1. The molecule has 0 unspecified atom stereocenters. The van der Waals surface area contributed by atoms with Gasteiger partial charge in [-0.25, -0.2) is 4.99 Å². The van der Waals surface area contributed by atoms with Gasteiger partial charge in [0.1, 0.15) is 10.8 Å². The van der Waals surface area contributed by atoms with Crippen LogP contribution in [0.3, 0.4) is 0 Å². The molecule has 0 amide bonds. The Labute approximate surface area is 136 Å². The fraction of sp³-hybridized carbons (Fsp3) is 0. The van der Waals surface area contributed by atoms with Crippen LogP contribution < -0.4 is 11.1 Å². The lowest BCUT2D eigenvalue weighted by molar-refractivity contribution is 1.49. The second-order valence-corrected chi connectivity index (χ2v) is 6.07. The summed E-state index contributed by atoms with van der Waals surface area (Å²) in [7, 11) is 0. The van der Waals surface area contributed by atoms with Crippen LogP contribution in [0.4, 0.5) is 16.4 Å². The minimum Gasteiger partial charge on any atom is -0.383 e. The molecule has 1 aliphatic rings. The number of fused-ring (bicyclic) bond motifs is 4. The minimum absolute atomic E-state index is 0. The van der Waals surface area contributed by atoms with Crippen LogP contribution in [0, 0.1) is 0 Å². The molecule has 0 saturated carbocycles. The highest BCUT2D eigenvalue weighted by Gasteiger charge is 2.19. The number of amidine groups is 1. The number of nitrogens with two attached hydrogens (primary N) is 1. The van der Waals surface area contributed by atoms with E-state index in [1.165, 1.54) is 0 Å². The fourth-order valence-corrected chi connectivity index (χ4v) is 3.80. The highest BCUT2D eigenvalue weighted by Crippen LogP contribution is 2.42. The number of aliphatic imine (C=N–C) groups is 1. The highest BCUT2D eigenvalue weighted by molar-refractivity contribution is 7.23. The molecule has 3 N–H and O–H groups in total. The van der Waals surface area contributed by atoms with Crippen LogP contribution in [0.15, 0.2) is 47.5 Å². The van der Waals surface area contributed by atoms with E-state index in [4.69, 9.17) is 17.3 Å². The second-order valence-electron chi connectivity index (χ2n) is 4.59. The molecule has 2 aromatic carbocycles. The molecular weight excluding hydrogens is 325 g/mol.